The number of benzene rings is 2. The third-order valence-corrected chi connectivity index (χ3v) is 5.45. The highest BCUT2D eigenvalue weighted by atomic mass is 32.2. The van der Waals surface area contributed by atoms with Crippen molar-refractivity contribution in [2.45, 2.75) is 11.3 Å². The fraction of sp³-hybridized carbons (Fsp3) is 0.188. The molecule has 27 heavy (non-hydrogen) atoms. The highest BCUT2D eigenvalue weighted by Crippen LogP contribution is 2.28. The van der Waals surface area contributed by atoms with Crippen LogP contribution in [-0.4, -0.2) is 38.1 Å². The number of nitro groups is 1. The number of nitrogens with one attached hydrogen (secondary N) is 1. The van der Waals surface area contributed by atoms with Gasteiger partial charge in [-0.15, -0.1) is 0 Å². The summed E-state index contributed by atoms with van der Waals surface area (Å²) < 4.78 is 32.1. The summed E-state index contributed by atoms with van der Waals surface area (Å²) in [7, 11) is -2.78. The van der Waals surface area contributed by atoms with Gasteiger partial charge in [0.25, 0.3) is 15.7 Å². The maximum Gasteiger partial charge on any atom is 0.271 e. The zero-order chi connectivity index (χ0) is 20.0. The zero-order valence-corrected chi connectivity index (χ0v) is 15.0. The first-order valence-corrected chi connectivity index (χ1v) is 9.08. The van der Waals surface area contributed by atoms with Gasteiger partial charge in [0.1, 0.15) is 5.75 Å². The summed E-state index contributed by atoms with van der Waals surface area (Å²) in [6.45, 7) is -0.340. The van der Waals surface area contributed by atoms with Gasteiger partial charge in [-0.1, -0.05) is 12.1 Å². The summed E-state index contributed by atoms with van der Waals surface area (Å²) in [5, 5.41) is 19.7. The fourth-order valence-electron chi connectivity index (χ4n) is 2.30. The Labute approximate surface area is 155 Å². The molecule has 2 aromatic carbocycles. The van der Waals surface area contributed by atoms with Crippen LogP contribution in [0.5, 0.6) is 5.75 Å². The maximum atomic E-state index is 13.1. The predicted octanol–water partition coefficient (Wildman–Crippen LogP) is 1.69. The van der Waals surface area contributed by atoms with Gasteiger partial charge in [0, 0.05) is 31.2 Å². The molecular formula is C16H17N3O7S. The largest absolute Gasteiger partial charge is 0.497 e. The molecule has 0 aromatic heterocycles. The van der Waals surface area contributed by atoms with Gasteiger partial charge in [-0.05, 0) is 18.2 Å². The quantitative estimate of drug-likeness (QED) is 0.394. The highest BCUT2D eigenvalue weighted by Gasteiger charge is 2.27. The number of hydrogen-bond donors (Lipinski definition) is 2. The molecule has 2 N–H and O–H groups in total. The number of nitro benzene ring substituents is 1. The molecule has 0 unspecified atom stereocenters. The molecular weight excluding hydrogens is 378 g/mol. The number of carbonyl (C=O) groups excluding carboxylic acids is 1. The van der Waals surface area contributed by atoms with Crippen molar-refractivity contribution in [3.63, 3.8) is 0 Å². The van der Waals surface area contributed by atoms with Crippen molar-refractivity contribution in [2.24, 2.45) is 0 Å². The number of ether oxygens (including phenoxy) is 1. The number of sulfonamides is 1. The van der Waals surface area contributed by atoms with Gasteiger partial charge in [0.05, 0.1) is 22.6 Å². The lowest BCUT2D eigenvalue weighted by Crippen LogP contribution is -2.34. The number of nitrogens with zero attached hydrogens (tertiary/aromatic N) is 2. The van der Waals surface area contributed by atoms with Gasteiger partial charge < -0.3 is 4.74 Å². The van der Waals surface area contributed by atoms with Gasteiger partial charge in [0.2, 0.25) is 5.91 Å². The van der Waals surface area contributed by atoms with Crippen LogP contribution in [0.2, 0.25) is 0 Å². The molecule has 0 spiro atoms. The molecule has 0 atom stereocenters. The zero-order valence-electron chi connectivity index (χ0n) is 14.2. The molecule has 0 saturated carbocycles. The lowest BCUT2D eigenvalue weighted by atomic mass is 10.2. The number of hydrogen-bond acceptors (Lipinski definition) is 7. The Morgan fingerprint density at radius 2 is 1.96 bits per heavy atom. The number of hydroxylamine groups is 1. The predicted molar refractivity (Wildman–Crippen MR) is 95.2 cm³/mol. The fourth-order valence-corrected chi connectivity index (χ4v) is 3.79. The Morgan fingerprint density at radius 1 is 1.26 bits per heavy atom. The molecule has 0 fully saturated rings. The first kappa shape index (κ1) is 20.1. The summed E-state index contributed by atoms with van der Waals surface area (Å²) in [4.78, 5) is 21.6. The van der Waals surface area contributed by atoms with Crippen LogP contribution in [0, 0.1) is 10.1 Å². The van der Waals surface area contributed by atoms with E-state index < -0.39 is 20.9 Å². The smallest absolute Gasteiger partial charge is 0.271 e. The van der Waals surface area contributed by atoms with E-state index in [2.05, 4.69) is 0 Å². The van der Waals surface area contributed by atoms with E-state index in [4.69, 9.17) is 9.94 Å². The van der Waals surface area contributed by atoms with Crippen molar-refractivity contribution in [3.05, 3.63) is 58.6 Å². The molecule has 2 rings (SSSR count). The highest BCUT2D eigenvalue weighted by molar-refractivity contribution is 7.92. The van der Waals surface area contributed by atoms with Crippen LogP contribution < -0.4 is 14.5 Å². The molecule has 10 nitrogen and oxygen atoms in total. The second-order valence-corrected chi connectivity index (χ2v) is 7.18. The maximum absolute atomic E-state index is 13.1. The molecule has 0 aliphatic carbocycles. The number of carbonyl (C=O) groups is 1. The topological polar surface area (TPSA) is 139 Å². The SMILES string of the molecule is COc1cccc(S(=O)(=O)N(CCC(=O)NO)c2cccc([N+](=O)[O-])c2)c1. The number of anilines is 1. The van der Waals surface area contributed by atoms with Crippen LogP contribution in [0.1, 0.15) is 6.42 Å². The van der Waals surface area contributed by atoms with Crippen molar-refractivity contribution in [2.75, 3.05) is 18.0 Å². The Morgan fingerprint density at radius 3 is 2.59 bits per heavy atom. The minimum absolute atomic E-state index is 0.0118. The first-order valence-electron chi connectivity index (χ1n) is 7.64. The van der Waals surface area contributed by atoms with E-state index in [1.54, 1.807) is 6.07 Å². The summed E-state index contributed by atoms with van der Waals surface area (Å²) in [5.41, 5.74) is 1.13. The van der Waals surface area contributed by atoms with Crippen LogP contribution in [0.3, 0.4) is 0 Å². The minimum atomic E-state index is -4.16. The third-order valence-electron chi connectivity index (χ3n) is 3.62. The second kappa shape index (κ2) is 8.47. The summed E-state index contributed by atoms with van der Waals surface area (Å²) >= 11 is 0. The van der Waals surface area contributed by atoms with Gasteiger partial charge >= 0.3 is 0 Å². The van der Waals surface area contributed by atoms with Crippen molar-refractivity contribution in [1.29, 1.82) is 0 Å². The standard InChI is InChI=1S/C16H17N3O7S/c1-26-14-6-3-7-15(11-14)27(24,25)18(9-8-16(20)17-21)12-4-2-5-13(10-12)19(22)23/h2-7,10-11,21H,8-9H2,1H3,(H,17,20). The van der Waals surface area contributed by atoms with Crippen molar-refractivity contribution < 1.29 is 28.1 Å². The second-order valence-electron chi connectivity index (χ2n) is 5.32. The van der Waals surface area contributed by atoms with Gasteiger partial charge in [0.15, 0.2) is 0 Å². The van der Waals surface area contributed by atoms with Crippen molar-refractivity contribution in [1.82, 2.24) is 5.48 Å². The van der Waals surface area contributed by atoms with Gasteiger partial charge in [-0.2, -0.15) is 0 Å². The van der Waals surface area contributed by atoms with Crippen LogP contribution >= 0.6 is 0 Å². The summed E-state index contributed by atoms with van der Waals surface area (Å²) in [6.07, 6.45) is -0.359. The molecule has 0 aliphatic rings. The molecule has 144 valence electrons. The number of amides is 1. The number of non-ortho nitro benzene ring substituents is 1. The van der Waals surface area contributed by atoms with Crippen molar-refractivity contribution in [3.8, 4) is 5.75 Å². The molecule has 0 radical (unpaired) electrons. The lowest BCUT2D eigenvalue weighted by Gasteiger charge is -2.24. The molecule has 2 aromatic rings. The first-order chi connectivity index (χ1) is 12.8. The van der Waals surface area contributed by atoms with E-state index in [9.17, 15) is 23.3 Å². The normalized spacial score (nSPS) is 10.9. The molecule has 0 bridgehead atoms. The van der Waals surface area contributed by atoms with Crippen molar-refractivity contribution >= 4 is 27.3 Å². The average Bonchev–Trinajstić information content (AvgIpc) is 2.68. The van der Waals surface area contributed by atoms with Gasteiger partial charge in [-0.25, -0.2) is 13.9 Å². The number of rotatable bonds is 8. The van der Waals surface area contributed by atoms with Crippen LogP contribution in [0.4, 0.5) is 11.4 Å². The van der Waals surface area contributed by atoms with E-state index in [0.29, 0.717) is 5.75 Å². The molecule has 1 amide bonds. The van der Waals surface area contributed by atoms with Crippen LogP contribution in [-0.2, 0) is 14.8 Å². The number of methoxy groups -OCH3 is 1. The Hall–Kier alpha value is -3.18. The molecule has 0 heterocycles. The van der Waals surface area contributed by atoms with E-state index in [1.807, 2.05) is 0 Å². The molecule has 11 heteroatoms. The van der Waals surface area contributed by atoms with E-state index in [1.165, 1.54) is 49.0 Å². The lowest BCUT2D eigenvalue weighted by molar-refractivity contribution is -0.384. The van der Waals surface area contributed by atoms with Gasteiger partial charge in [-0.3, -0.25) is 24.4 Å². The van der Waals surface area contributed by atoms with E-state index in [0.717, 1.165) is 10.4 Å². The third kappa shape index (κ3) is 4.71. The summed E-state index contributed by atoms with van der Waals surface area (Å²) in [5.74, 6) is -0.491. The Bertz CT molecular complexity index is 947. The van der Waals surface area contributed by atoms with Crippen LogP contribution in [0.25, 0.3) is 0 Å². The Kier molecular flexibility index (Phi) is 6.32. The molecule has 0 saturated heterocycles. The summed E-state index contributed by atoms with van der Waals surface area (Å²) in [6, 6.07) is 10.7. The van der Waals surface area contributed by atoms with Crippen LogP contribution in [0.15, 0.2) is 53.4 Å². The minimum Gasteiger partial charge on any atom is -0.497 e. The average molecular weight is 395 g/mol. The van der Waals surface area contributed by atoms with E-state index in [-0.39, 0.29) is 29.2 Å². The Balaban J connectivity index is 2.52. The monoisotopic (exact) mass is 395 g/mol. The van der Waals surface area contributed by atoms with E-state index >= 15 is 0 Å². The molecule has 0 aliphatic heterocycles.